The van der Waals surface area contributed by atoms with Crippen molar-refractivity contribution in [3.8, 4) is 0 Å². The minimum Gasteiger partial charge on any atom is -0.467 e. The number of fused-ring (bicyclic) bond motifs is 1. The van der Waals surface area contributed by atoms with Crippen LogP contribution in [0.25, 0.3) is 10.8 Å². The van der Waals surface area contributed by atoms with E-state index < -0.39 is 12.0 Å². The van der Waals surface area contributed by atoms with Gasteiger partial charge in [0.1, 0.15) is 6.04 Å². The number of halogens is 1. The topological polar surface area (TPSA) is 84.7 Å². The van der Waals surface area contributed by atoms with E-state index in [9.17, 15) is 9.59 Å². The second-order valence-corrected chi connectivity index (χ2v) is 9.27. The number of ether oxygens (including phenoxy) is 1. The van der Waals surface area contributed by atoms with E-state index in [0.29, 0.717) is 25.4 Å². The molecule has 1 amide bonds. The monoisotopic (exact) mass is 495 g/mol. The van der Waals surface area contributed by atoms with Crippen LogP contribution < -0.4 is 11.1 Å². The highest BCUT2D eigenvalue weighted by Gasteiger charge is 2.24. The number of thioether (sulfide) groups is 1. The second-order valence-electron chi connectivity index (χ2n) is 8.28. The predicted octanol–water partition coefficient (Wildman–Crippen LogP) is 3.85. The molecule has 8 heteroatoms. The SMILES string of the molecule is CC[C@H](C)[C@H](N)CN(CC(=O)N[C@@H](CCSC)C(=O)OC)Cc1cccc2ccccc12.Cl. The molecule has 0 fully saturated rings. The van der Waals surface area contributed by atoms with E-state index in [0.717, 1.165) is 17.7 Å². The van der Waals surface area contributed by atoms with Gasteiger partial charge in [0.2, 0.25) is 5.91 Å². The van der Waals surface area contributed by atoms with E-state index in [-0.39, 0.29) is 30.9 Å². The summed E-state index contributed by atoms with van der Waals surface area (Å²) in [7, 11) is 1.35. The number of amides is 1. The smallest absolute Gasteiger partial charge is 0.328 e. The lowest BCUT2D eigenvalue weighted by molar-refractivity contribution is -0.145. The molecule has 2 aromatic rings. The highest BCUT2D eigenvalue weighted by atomic mass is 35.5. The van der Waals surface area contributed by atoms with Crippen LogP contribution in [-0.2, 0) is 20.9 Å². The second kappa shape index (κ2) is 15.2. The number of esters is 1. The molecule has 184 valence electrons. The molecule has 33 heavy (non-hydrogen) atoms. The van der Waals surface area contributed by atoms with Gasteiger partial charge in [-0.2, -0.15) is 11.8 Å². The van der Waals surface area contributed by atoms with Crippen molar-refractivity contribution in [2.45, 2.75) is 45.3 Å². The molecule has 0 unspecified atom stereocenters. The zero-order valence-electron chi connectivity index (χ0n) is 20.1. The molecule has 2 aromatic carbocycles. The molecule has 3 N–H and O–H groups in total. The Morgan fingerprint density at radius 2 is 1.88 bits per heavy atom. The molecular weight excluding hydrogens is 458 g/mol. The Bertz CT molecular complexity index is 878. The summed E-state index contributed by atoms with van der Waals surface area (Å²) in [6, 6.07) is 13.8. The third-order valence-corrected chi connectivity index (χ3v) is 6.56. The fourth-order valence-electron chi connectivity index (χ4n) is 3.71. The minimum atomic E-state index is -0.636. The molecule has 0 saturated carbocycles. The molecule has 0 aliphatic rings. The van der Waals surface area contributed by atoms with Crippen LogP contribution in [-0.4, -0.2) is 61.1 Å². The van der Waals surface area contributed by atoms with Crippen LogP contribution in [0.1, 0.15) is 32.3 Å². The first kappa shape index (κ1) is 29.2. The Hall–Kier alpha value is -1.80. The fourth-order valence-corrected chi connectivity index (χ4v) is 4.18. The molecule has 6 nitrogen and oxygen atoms in total. The van der Waals surface area contributed by atoms with Gasteiger partial charge in [0.05, 0.1) is 13.7 Å². The van der Waals surface area contributed by atoms with Crippen LogP contribution in [0.5, 0.6) is 0 Å². The number of nitrogens with one attached hydrogen (secondary N) is 1. The number of methoxy groups -OCH3 is 1. The fraction of sp³-hybridized carbons (Fsp3) is 0.520. The first-order chi connectivity index (χ1) is 15.4. The summed E-state index contributed by atoms with van der Waals surface area (Å²) in [4.78, 5) is 27.1. The molecule has 0 saturated heterocycles. The van der Waals surface area contributed by atoms with Crippen LogP contribution in [0.2, 0.25) is 0 Å². The summed E-state index contributed by atoms with van der Waals surface area (Å²) in [5.41, 5.74) is 7.61. The van der Waals surface area contributed by atoms with Crippen LogP contribution in [0.3, 0.4) is 0 Å². The van der Waals surface area contributed by atoms with Gasteiger partial charge in [-0.05, 0) is 40.7 Å². The normalized spacial score (nSPS) is 13.8. The van der Waals surface area contributed by atoms with Crippen molar-refractivity contribution in [2.75, 3.05) is 32.2 Å². The van der Waals surface area contributed by atoms with Crippen LogP contribution in [0, 0.1) is 5.92 Å². The van der Waals surface area contributed by atoms with E-state index in [4.69, 9.17) is 10.5 Å². The largest absolute Gasteiger partial charge is 0.467 e. The van der Waals surface area contributed by atoms with Gasteiger partial charge in [-0.15, -0.1) is 12.4 Å². The van der Waals surface area contributed by atoms with E-state index in [1.54, 1.807) is 11.8 Å². The van der Waals surface area contributed by atoms with Gasteiger partial charge in [-0.1, -0.05) is 62.7 Å². The number of benzene rings is 2. The Kier molecular flexibility index (Phi) is 13.4. The average molecular weight is 496 g/mol. The van der Waals surface area contributed by atoms with E-state index in [1.165, 1.54) is 17.9 Å². The van der Waals surface area contributed by atoms with E-state index in [1.807, 2.05) is 24.5 Å². The van der Waals surface area contributed by atoms with Gasteiger partial charge in [0.15, 0.2) is 0 Å². The lowest BCUT2D eigenvalue weighted by Gasteiger charge is -2.29. The zero-order valence-corrected chi connectivity index (χ0v) is 21.7. The van der Waals surface area contributed by atoms with Gasteiger partial charge in [-0.3, -0.25) is 9.69 Å². The summed E-state index contributed by atoms with van der Waals surface area (Å²) in [5, 5.41) is 5.20. The number of rotatable bonds is 13. The standard InChI is InChI=1S/C25H37N3O3S.ClH/c1-5-18(2)22(26)16-28(15-20-11-8-10-19-9-6-7-12-21(19)20)17-24(29)27-23(13-14-32-4)25(30)31-3;/h6-12,18,22-23H,5,13-17,26H2,1-4H3,(H,27,29);1H/t18-,22+,23-;/m0./s1. The van der Waals surface area contributed by atoms with Crippen LogP contribution in [0.15, 0.2) is 42.5 Å². The number of nitrogens with zero attached hydrogens (tertiary/aromatic N) is 1. The summed E-state index contributed by atoms with van der Waals surface area (Å²) >= 11 is 1.63. The predicted molar refractivity (Wildman–Crippen MR) is 141 cm³/mol. The molecule has 0 heterocycles. The molecule has 0 spiro atoms. The maximum Gasteiger partial charge on any atom is 0.328 e. The molecule has 0 aliphatic carbocycles. The number of hydrogen-bond acceptors (Lipinski definition) is 6. The quantitative estimate of drug-likeness (QED) is 0.410. The zero-order chi connectivity index (χ0) is 23.5. The van der Waals surface area contributed by atoms with Crippen molar-refractivity contribution >= 4 is 46.8 Å². The Morgan fingerprint density at radius 3 is 2.55 bits per heavy atom. The molecule has 2 rings (SSSR count). The van der Waals surface area contributed by atoms with E-state index >= 15 is 0 Å². The first-order valence-corrected chi connectivity index (χ1v) is 12.6. The van der Waals surface area contributed by atoms with Gasteiger partial charge >= 0.3 is 5.97 Å². The van der Waals surface area contributed by atoms with Gasteiger partial charge in [0.25, 0.3) is 0 Å². The number of nitrogens with two attached hydrogens (primary N) is 1. The maximum absolute atomic E-state index is 12.9. The molecular formula is C25H38ClN3O3S. The van der Waals surface area contributed by atoms with Crippen molar-refractivity contribution in [2.24, 2.45) is 11.7 Å². The third kappa shape index (κ3) is 9.16. The van der Waals surface area contributed by atoms with Crippen LogP contribution in [0.4, 0.5) is 0 Å². The third-order valence-electron chi connectivity index (χ3n) is 5.92. The summed E-state index contributed by atoms with van der Waals surface area (Å²) in [5.74, 6) is 0.499. The molecule has 0 aliphatic heterocycles. The Balaban J connectivity index is 0.00000544. The van der Waals surface area contributed by atoms with Gasteiger partial charge < -0.3 is 15.8 Å². The number of carbonyl (C=O) groups excluding carboxylic acids is 2. The number of carbonyl (C=O) groups is 2. The molecule has 3 atom stereocenters. The highest BCUT2D eigenvalue weighted by Crippen LogP contribution is 2.20. The highest BCUT2D eigenvalue weighted by molar-refractivity contribution is 7.98. The lowest BCUT2D eigenvalue weighted by Crippen LogP contribution is -2.49. The van der Waals surface area contributed by atoms with Crippen molar-refractivity contribution in [3.63, 3.8) is 0 Å². The van der Waals surface area contributed by atoms with Gasteiger partial charge in [0, 0.05) is 19.1 Å². The summed E-state index contributed by atoms with van der Waals surface area (Å²) in [6.07, 6.45) is 3.49. The Labute approximate surface area is 208 Å². The summed E-state index contributed by atoms with van der Waals surface area (Å²) in [6.45, 7) is 5.63. The maximum atomic E-state index is 12.9. The van der Waals surface area contributed by atoms with E-state index in [2.05, 4.69) is 48.3 Å². The van der Waals surface area contributed by atoms with Crippen molar-refractivity contribution < 1.29 is 14.3 Å². The molecule has 0 aromatic heterocycles. The van der Waals surface area contributed by atoms with Crippen molar-refractivity contribution in [3.05, 3.63) is 48.0 Å². The number of hydrogen-bond donors (Lipinski definition) is 2. The summed E-state index contributed by atoms with van der Waals surface area (Å²) < 4.78 is 4.87. The van der Waals surface area contributed by atoms with Gasteiger partial charge in [-0.25, -0.2) is 4.79 Å². The van der Waals surface area contributed by atoms with Crippen LogP contribution >= 0.6 is 24.2 Å². The Morgan fingerprint density at radius 1 is 1.18 bits per heavy atom. The molecule has 0 bridgehead atoms. The molecule has 0 radical (unpaired) electrons. The minimum absolute atomic E-state index is 0. The lowest BCUT2D eigenvalue weighted by atomic mass is 9.99. The average Bonchev–Trinajstić information content (AvgIpc) is 2.80. The van der Waals surface area contributed by atoms with Crippen molar-refractivity contribution in [1.29, 1.82) is 0 Å². The van der Waals surface area contributed by atoms with Crippen molar-refractivity contribution in [1.82, 2.24) is 10.2 Å². The first-order valence-electron chi connectivity index (χ1n) is 11.2.